The van der Waals surface area contributed by atoms with Gasteiger partial charge in [-0.2, -0.15) is 0 Å². The molecule has 0 radical (unpaired) electrons. The minimum absolute atomic E-state index is 0.0939. The van der Waals surface area contributed by atoms with E-state index in [1.54, 1.807) is 19.1 Å². The Bertz CT molecular complexity index is 806. The van der Waals surface area contributed by atoms with Crippen LogP contribution in [0, 0.1) is 6.92 Å². The number of hydrogen-bond acceptors (Lipinski definition) is 4. The lowest BCUT2D eigenvalue weighted by Gasteiger charge is -2.28. The number of methoxy groups -OCH3 is 2. The van der Waals surface area contributed by atoms with E-state index in [4.69, 9.17) is 9.47 Å². The van der Waals surface area contributed by atoms with Crippen molar-refractivity contribution in [3.8, 4) is 11.5 Å². The van der Waals surface area contributed by atoms with Gasteiger partial charge in [-0.3, -0.25) is 9.69 Å². The largest absolute Gasteiger partial charge is 0.493 e. The van der Waals surface area contributed by atoms with Crippen LogP contribution < -0.4 is 14.4 Å². The number of aryl methyl sites for hydroxylation is 1. The van der Waals surface area contributed by atoms with Gasteiger partial charge in [0.15, 0.2) is 11.5 Å². The van der Waals surface area contributed by atoms with Crippen molar-refractivity contribution < 1.29 is 14.3 Å². The van der Waals surface area contributed by atoms with E-state index in [2.05, 4.69) is 36.1 Å². The molecular formula is C22H28N2O3. The number of carbonyl (C=O) groups is 1. The van der Waals surface area contributed by atoms with Gasteiger partial charge in [-0.15, -0.1) is 0 Å². The molecule has 1 aliphatic heterocycles. The third kappa shape index (κ3) is 4.25. The first kappa shape index (κ1) is 19.2. The fourth-order valence-electron chi connectivity index (χ4n) is 3.72. The van der Waals surface area contributed by atoms with Gasteiger partial charge in [-0.1, -0.05) is 29.8 Å². The topological polar surface area (TPSA) is 42.0 Å². The van der Waals surface area contributed by atoms with E-state index in [9.17, 15) is 4.79 Å². The minimum Gasteiger partial charge on any atom is -0.493 e. The van der Waals surface area contributed by atoms with Crippen molar-refractivity contribution in [1.82, 2.24) is 4.90 Å². The summed E-state index contributed by atoms with van der Waals surface area (Å²) in [6.07, 6.45) is 1.93. The fraction of sp³-hybridized carbons (Fsp3) is 0.409. The highest BCUT2D eigenvalue weighted by Crippen LogP contribution is 2.32. The second kappa shape index (κ2) is 8.44. The number of amides is 1. The summed E-state index contributed by atoms with van der Waals surface area (Å²) in [6, 6.07) is 14.0. The van der Waals surface area contributed by atoms with E-state index >= 15 is 0 Å². The molecule has 0 N–H and O–H groups in total. The molecule has 0 bridgehead atoms. The van der Waals surface area contributed by atoms with Gasteiger partial charge >= 0.3 is 0 Å². The lowest BCUT2D eigenvalue weighted by molar-refractivity contribution is -0.122. The first-order valence-electron chi connectivity index (χ1n) is 9.32. The number of likely N-dealkylation sites (N-methyl/N-ethyl adjacent to an activating group) is 1. The van der Waals surface area contributed by atoms with Crippen LogP contribution in [0.25, 0.3) is 0 Å². The predicted octanol–water partition coefficient (Wildman–Crippen LogP) is 3.64. The summed E-state index contributed by atoms with van der Waals surface area (Å²) < 4.78 is 10.7. The number of ether oxygens (including phenoxy) is 2. The molecule has 144 valence electrons. The van der Waals surface area contributed by atoms with Gasteiger partial charge in [-0.25, -0.2) is 0 Å². The third-order valence-electron chi connectivity index (χ3n) is 5.20. The van der Waals surface area contributed by atoms with Crippen LogP contribution in [0.15, 0.2) is 42.5 Å². The molecule has 1 amide bonds. The Labute approximate surface area is 161 Å². The van der Waals surface area contributed by atoms with E-state index in [0.717, 1.165) is 31.6 Å². The molecule has 5 nitrogen and oxygen atoms in total. The van der Waals surface area contributed by atoms with E-state index in [-0.39, 0.29) is 11.9 Å². The molecule has 0 aromatic heterocycles. The Morgan fingerprint density at radius 2 is 1.93 bits per heavy atom. The maximum absolute atomic E-state index is 13.2. The smallest absolute Gasteiger partial charge is 0.244 e. The van der Waals surface area contributed by atoms with E-state index < -0.39 is 0 Å². The Kier molecular flexibility index (Phi) is 6.01. The first-order chi connectivity index (χ1) is 13.0. The van der Waals surface area contributed by atoms with Crippen LogP contribution in [-0.4, -0.2) is 44.7 Å². The molecule has 27 heavy (non-hydrogen) atoms. The highest BCUT2D eigenvalue weighted by molar-refractivity contribution is 5.97. The van der Waals surface area contributed by atoms with Gasteiger partial charge in [0, 0.05) is 25.3 Å². The molecule has 0 spiro atoms. The molecule has 1 heterocycles. The van der Waals surface area contributed by atoms with Crippen LogP contribution >= 0.6 is 0 Å². The van der Waals surface area contributed by atoms with Crippen molar-refractivity contribution in [1.29, 1.82) is 0 Å². The molecule has 5 heteroatoms. The Morgan fingerprint density at radius 3 is 2.63 bits per heavy atom. The van der Waals surface area contributed by atoms with E-state index in [0.29, 0.717) is 11.5 Å². The van der Waals surface area contributed by atoms with E-state index in [1.807, 2.05) is 25.2 Å². The average molecular weight is 368 g/mol. The third-order valence-corrected chi connectivity index (χ3v) is 5.20. The zero-order valence-corrected chi connectivity index (χ0v) is 16.6. The van der Waals surface area contributed by atoms with Crippen LogP contribution in [-0.2, 0) is 11.3 Å². The van der Waals surface area contributed by atoms with Gasteiger partial charge in [0.05, 0.1) is 20.3 Å². The molecule has 1 atom stereocenters. The number of likely N-dealkylation sites (tertiary alicyclic amines) is 1. The molecule has 1 saturated heterocycles. The van der Waals surface area contributed by atoms with Crippen LogP contribution in [0.5, 0.6) is 11.5 Å². The maximum Gasteiger partial charge on any atom is 0.244 e. The van der Waals surface area contributed by atoms with Crippen molar-refractivity contribution in [2.45, 2.75) is 32.4 Å². The summed E-state index contributed by atoms with van der Waals surface area (Å²) in [5, 5.41) is 0. The summed E-state index contributed by atoms with van der Waals surface area (Å²) >= 11 is 0. The van der Waals surface area contributed by atoms with Crippen LogP contribution in [0.1, 0.15) is 24.0 Å². The normalized spacial score (nSPS) is 17.0. The highest BCUT2D eigenvalue weighted by Gasteiger charge is 2.33. The molecule has 1 unspecified atom stereocenters. The predicted molar refractivity (Wildman–Crippen MR) is 108 cm³/mol. The monoisotopic (exact) mass is 368 g/mol. The number of anilines is 1. The maximum atomic E-state index is 13.2. The fourth-order valence-corrected chi connectivity index (χ4v) is 3.72. The molecule has 2 aromatic rings. The standard InChI is InChI=1S/C22H28N2O3/c1-16-7-5-8-17(13-16)15-24-12-6-9-19(24)22(25)23(2)18-10-11-20(26-3)21(14-18)27-4/h5,7-8,10-11,13-14,19H,6,9,12,15H2,1-4H3. The quantitative estimate of drug-likeness (QED) is 0.781. The molecule has 2 aromatic carbocycles. The number of benzene rings is 2. The van der Waals surface area contributed by atoms with E-state index in [1.165, 1.54) is 11.1 Å². The molecular weight excluding hydrogens is 340 g/mol. The van der Waals surface area contributed by atoms with Gasteiger partial charge in [0.1, 0.15) is 0 Å². The molecule has 1 fully saturated rings. The summed E-state index contributed by atoms with van der Waals surface area (Å²) in [6.45, 7) is 3.85. The van der Waals surface area contributed by atoms with Gasteiger partial charge in [-0.05, 0) is 44.0 Å². The van der Waals surface area contributed by atoms with Crippen LogP contribution in [0.4, 0.5) is 5.69 Å². The highest BCUT2D eigenvalue weighted by atomic mass is 16.5. The van der Waals surface area contributed by atoms with Crippen LogP contribution in [0.3, 0.4) is 0 Å². The number of hydrogen-bond donors (Lipinski definition) is 0. The van der Waals surface area contributed by atoms with Gasteiger partial charge in [0.2, 0.25) is 5.91 Å². The summed E-state index contributed by atoms with van der Waals surface area (Å²) in [5.41, 5.74) is 3.31. The second-order valence-electron chi connectivity index (χ2n) is 7.05. The van der Waals surface area contributed by atoms with Crippen molar-refractivity contribution >= 4 is 11.6 Å². The zero-order chi connectivity index (χ0) is 19.4. The van der Waals surface area contributed by atoms with Crippen molar-refractivity contribution in [3.05, 3.63) is 53.6 Å². The minimum atomic E-state index is -0.0939. The van der Waals surface area contributed by atoms with Gasteiger partial charge < -0.3 is 14.4 Å². The van der Waals surface area contributed by atoms with Crippen molar-refractivity contribution in [2.24, 2.45) is 0 Å². The van der Waals surface area contributed by atoms with Crippen molar-refractivity contribution in [3.63, 3.8) is 0 Å². The van der Waals surface area contributed by atoms with Crippen LogP contribution in [0.2, 0.25) is 0 Å². The summed E-state index contributed by atoms with van der Waals surface area (Å²) in [7, 11) is 5.03. The van der Waals surface area contributed by atoms with Crippen molar-refractivity contribution in [2.75, 3.05) is 32.7 Å². The number of nitrogens with zero attached hydrogens (tertiary/aromatic N) is 2. The first-order valence-corrected chi connectivity index (χ1v) is 9.32. The average Bonchev–Trinajstić information content (AvgIpc) is 3.14. The Morgan fingerprint density at radius 1 is 1.15 bits per heavy atom. The molecule has 3 rings (SSSR count). The number of carbonyl (C=O) groups excluding carboxylic acids is 1. The molecule has 0 saturated carbocycles. The summed E-state index contributed by atoms with van der Waals surface area (Å²) in [5.74, 6) is 1.40. The molecule has 1 aliphatic rings. The number of rotatable bonds is 6. The Hall–Kier alpha value is -2.53. The molecule has 0 aliphatic carbocycles. The van der Waals surface area contributed by atoms with Gasteiger partial charge in [0.25, 0.3) is 0 Å². The zero-order valence-electron chi connectivity index (χ0n) is 16.6. The SMILES string of the molecule is COc1ccc(N(C)C(=O)C2CCCN2Cc2cccc(C)c2)cc1OC. The lowest BCUT2D eigenvalue weighted by Crippen LogP contribution is -2.44. The lowest BCUT2D eigenvalue weighted by atomic mass is 10.1. The second-order valence-corrected chi connectivity index (χ2v) is 7.05. The summed E-state index contributed by atoms with van der Waals surface area (Å²) in [4.78, 5) is 17.2. The Balaban J connectivity index is 1.75.